The average Bonchev–Trinajstić information content (AvgIpc) is 2.82. The van der Waals surface area contributed by atoms with Crippen molar-refractivity contribution in [3.8, 4) is 0 Å². The van der Waals surface area contributed by atoms with E-state index < -0.39 is 0 Å². The van der Waals surface area contributed by atoms with E-state index in [0.29, 0.717) is 11.3 Å². The third-order valence-corrected chi connectivity index (χ3v) is 2.18. The van der Waals surface area contributed by atoms with Crippen LogP contribution < -0.4 is 5.43 Å². The van der Waals surface area contributed by atoms with Crippen molar-refractivity contribution in [2.75, 3.05) is 0 Å². The molecule has 1 heterocycles. The van der Waals surface area contributed by atoms with Gasteiger partial charge in [-0.15, -0.1) is 0 Å². The van der Waals surface area contributed by atoms with Gasteiger partial charge in [0.1, 0.15) is 5.76 Å². The molecule has 0 unspecified atom stereocenters. The van der Waals surface area contributed by atoms with Crippen molar-refractivity contribution in [2.24, 2.45) is 5.10 Å². The van der Waals surface area contributed by atoms with Gasteiger partial charge >= 0.3 is 0 Å². The Bertz CT molecular complexity index is 530. The molecule has 0 fully saturated rings. The van der Waals surface area contributed by atoms with Gasteiger partial charge in [-0.1, -0.05) is 17.7 Å². The number of hydrogen-bond donors (Lipinski definition) is 1. The third kappa shape index (κ3) is 3.04. The Morgan fingerprint density at radius 2 is 2.24 bits per heavy atom. The van der Waals surface area contributed by atoms with Crippen molar-refractivity contribution in [3.05, 3.63) is 59.5 Å². The molecule has 4 nitrogen and oxygen atoms in total. The largest absolute Gasteiger partial charge is 0.463 e. The van der Waals surface area contributed by atoms with Crippen LogP contribution in [0.2, 0.25) is 0 Å². The summed E-state index contributed by atoms with van der Waals surface area (Å²) in [6.45, 7) is 1.93. The molecule has 2 aromatic rings. The van der Waals surface area contributed by atoms with Crippen molar-refractivity contribution in [3.63, 3.8) is 0 Å². The van der Waals surface area contributed by atoms with Crippen LogP contribution in [0.15, 0.2) is 52.2 Å². The zero-order valence-corrected chi connectivity index (χ0v) is 9.38. The Balaban J connectivity index is 1.98. The summed E-state index contributed by atoms with van der Waals surface area (Å²) in [5.74, 6) is 0.353. The molecule has 0 aliphatic rings. The zero-order chi connectivity index (χ0) is 12.1. The summed E-state index contributed by atoms with van der Waals surface area (Å²) in [4.78, 5) is 11.7. The first-order valence-corrected chi connectivity index (χ1v) is 5.19. The van der Waals surface area contributed by atoms with Crippen LogP contribution in [-0.2, 0) is 0 Å². The van der Waals surface area contributed by atoms with E-state index in [9.17, 15) is 4.79 Å². The van der Waals surface area contributed by atoms with E-state index in [1.54, 1.807) is 30.5 Å². The first-order valence-electron chi connectivity index (χ1n) is 5.19. The number of rotatable bonds is 3. The highest BCUT2D eigenvalue weighted by molar-refractivity contribution is 5.94. The molecule has 86 valence electrons. The van der Waals surface area contributed by atoms with Crippen LogP contribution >= 0.6 is 0 Å². The Morgan fingerprint density at radius 3 is 2.94 bits per heavy atom. The highest BCUT2D eigenvalue weighted by atomic mass is 16.3. The number of hydrogen-bond acceptors (Lipinski definition) is 3. The van der Waals surface area contributed by atoms with Crippen LogP contribution in [0.5, 0.6) is 0 Å². The molecule has 1 aromatic carbocycles. The van der Waals surface area contributed by atoms with E-state index >= 15 is 0 Å². The molecule has 0 saturated carbocycles. The molecule has 0 radical (unpaired) electrons. The zero-order valence-electron chi connectivity index (χ0n) is 9.38. The SMILES string of the molecule is Cc1cccc(C(=O)NN=Cc2ccco2)c1. The van der Waals surface area contributed by atoms with Gasteiger partial charge in [-0.05, 0) is 31.2 Å². The van der Waals surface area contributed by atoms with Crippen LogP contribution in [0.25, 0.3) is 0 Å². The molecular formula is C13H12N2O2. The summed E-state index contributed by atoms with van der Waals surface area (Å²) < 4.78 is 5.04. The second kappa shape index (κ2) is 5.12. The first kappa shape index (κ1) is 11.1. The summed E-state index contributed by atoms with van der Waals surface area (Å²) >= 11 is 0. The maximum absolute atomic E-state index is 11.7. The molecule has 4 heteroatoms. The van der Waals surface area contributed by atoms with Crippen LogP contribution in [0.4, 0.5) is 0 Å². The minimum absolute atomic E-state index is 0.239. The summed E-state index contributed by atoms with van der Waals surface area (Å²) in [7, 11) is 0. The van der Waals surface area contributed by atoms with Crippen LogP contribution in [0.3, 0.4) is 0 Å². The fourth-order valence-electron chi connectivity index (χ4n) is 1.37. The van der Waals surface area contributed by atoms with Gasteiger partial charge in [0.15, 0.2) is 0 Å². The number of nitrogens with zero attached hydrogens (tertiary/aromatic N) is 1. The lowest BCUT2D eigenvalue weighted by Gasteiger charge is -2.00. The van der Waals surface area contributed by atoms with Crippen molar-refractivity contribution in [1.29, 1.82) is 0 Å². The van der Waals surface area contributed by atoms with E-state index in [2.05, 4.69) is 10.5 Å². The fourth-order valence-corrected chi connectivity index (χ4v) is 1.37. The number of hydrazone groups is 1. The van der Waals surface area contributed by atoms with Gasteiger partial charge in [0.2, 0.25) is 0 Å². The van der Waals surface area contributed by atoms with Crippen LogP contribution in [0.1, 0.15) is 21.7 Å². The van der Waals surface area contributed by atoms with E-state index in [4.69, 9.17) is 4.42 Å². The number of nitrogens with one attached hydrogen (secondary N) is 1. The molecule has 0 aliphatic carbocycles. The van der Waals surface area contributed by atoms with Gasteiger partial charge in [-0.2, -0.15) is 5.10 Å². The minimum atomic E-state index is -0.239. The fraction of sp³-hybridized carbons (Fsp3) is 0.0769. The molecule has 0 spiro atoms. The quantitative estimate of drug-likeness (QED) is 0.647. The molecule has 0 atom stereocenters. The first-order chi connectivity index (χ1) is 8.25. The Labute approximate surface area is 99.0 Å². The normalized spacial score (nSPS) is 10.6. The van der Waals surface area contributed by atoms with Crippen molar-refractivity contribution in [1.82, 2.24) is 5.43 Å². The highest BCUT2D eigenvalue weighted by Crippen LogP contribution is 2.03. The molecule has 1 aromatic heterocycles. The molecule has 1 N–H and O–H groups in total. The Kier molecular flexibility index (Phi) is 3.35. The molecule has 0 aliphatic heterocycles. The van der Waals surface area contributed by atoms with Gasteiger partial charge in [-0.25, -0.2) is 5.43 Å². The number of carbonyl (C=O) groups is 1. The van der Waals surface area contributed by atoms with Gasteiger partial charge in [0.25, 0.3) is 5.91 Å². The lowest BCUT2D eigenvalue weighted by molar-refractivity contribution is 0.0955. The van der Waals surface area contributed by atoms with Crippen LogP contribution in [0, 0.1) is 6.92 Å². The van der Waals surface area contributed by atoms with Gasteiger partial charge < -0.3 is 4.42 Å². The number of carbonyl (C=O) groups excluding carboxylic acids is 1. The van der Waals surface area contributed by atoms with Gasteiger partial charge in [0, 0.05) is 5.56 Å². The second-order valence-corrected chi connectivity index (χ2v) is 3.58. The van der Waals surface area contributed by atoms with Crippen molar-refractivity contribution in [2.45, 2.75) is 6.92 Å². The average molecular weight is 228 g/mol. The number of aryl methyl sites for hydroxylation is 1. The van der Waals surface area contributed by atoms with E-state index in [0.717, 1.165) is 5.56 Å². The topological polar surface area (TPSA) is 54.6 Å². The molecule has 2 rings (SSSR count). The van der Waals surface area contributed by atoms with E-state index in [1.807, 2.05) is 19.1 Å². The predicted molar refractivity (Wildman–Crippen MR) is 64.9 cm³/mol. The molecule has 0 bridgehead atoms. The molecule has 1 amide bonds. The standard InChI is InChI=1S/C13H12N2O2/c1-10-4-2-5-11(8-10)13(16)15-14-9-12-6-3-7-17-12/h2-9H,1H3,(H,15,16). The lowest BCUT2D eigenvalue weighted by atomic mass is 10.1. The Hall–Kier alpha value is -2.36. The van der Waals surface area contributed by atoms with Crippen molar-refractivity contribution >= 4 is 12.1 Å². The number of benzene rings is 1. The summed E-state index contributed by atoms with van der Waals surface area (Å²) in [5, 5.41) is 3.80. The van der Waals surface area contributed by atoms with Crippen molar-refractivity contribution < 1.29 is 9.21 Å². The Morgan fingerprint density at radius 1 is 1.35 bits per heavy atom. The molecule has 0 saturated heterocycles. The minimum Gasteiger partial charge on any atom is -0.463 e. The third-order valence-electron chi connectivity index (χ3n) is 2.18. The van der Waals surface area contributed by atoms with Crippen LogP contribution in [-0.4, -0.2) is 12.1 Å². The van der Waals surface area contributed by atoms with Gasteiger partial charge in [0.05, 0.1) is 12.5 Å². The number of amides is 1. The molecule has 17 heavy (non-hydrogen) atoms. The molecular weight excluding hydrogens is 216 g/mol. The maximum Gasteiger partial charge on any atom is 0.271 e. The van der Waals surface area contributed by atoms with E-state index in [1.165, 1.54) is 6.21 Å². The van der Waals surface area contributed by atoms with Gasteiger partial charge in [-0.3, -0.25) is 4.79 Å². The summed E-state index contributed by atoms with van der Waals surface area (Å²) in [6, 6.07) is 10.8. The number of furan rings is 1. The lowest BCUT2D eigenvalue weighted by Crippen LogP contribution is -2.17. The predicted octanol–water partition coefficient (Wildman–Crippen LogP) is 2.35. The monoisotopic (exact) mass is 228 g/mol. The maximum atomic E-state index is 11.7. The summed E-state index contributed by atoms with van der Waals surface area (Å²) in [5.41, 5.74) is 4.05. The highest BCUT2D eigenvalue weighted by Gasteiger charge is 2.03. The summed E-state index contributed by atoms with van der Waals surface area (Å²) in [6.07, 6.45) is 3.00. The second-order valence-electron chi connectivity index (χ2n) is 3.58. The smallest absolute Gasteiger partial charge is 0.271 e. The van der Waals surface area contributed by atoms with E-state index in [-0.39, 0.29) is 5.91 Å².